The number of halogens is 1. The van der Waals surface area contributed by atoms with Gasteiger partial charge < -0.3 is 24.4 Å². The lowest BCUT2D eigenvalue weighted by Crippen LogP contribution is -2.35. The number of aliphatic hydroxyl groups is 1. The van der Waals surface area contributed by atoms with E-state index in [1.165, 1.54) is 31.3 Å². The van der Waals surface area contributed by atoms with Crippen LogP contribution in [0.5, 0.6) is 11.5 Å². The summed E-state index contributed by atoms with van der Waals surface area (Å²) in [6, 6.07) is 11.4. The molecule has 0 spiro atoms. The predicted octanol–water partition coefficient (Wildman–Crippen LogP) is 3.34. The number of ether oxygens (including phenoxy) is 2. The van der Waals surface area contributed by atoms with Gasteiger partial charge in [0.15, 0.2) is 0 Å². The average molecular weight is 445 g/mol. The molecular formula is C23H25ClN2O5. The van der Waals surface area contributed by atoms with E-state index < -0.39 is 17.7 Å². The molecule has 1 fully saturated rings. The van der Waals surface area contributed by atoms with Gasteiger partial charge in [0.05, 0.1) is 36.4 Å². The Balaban J connectivity index is 2.21. The Morgan fingerprint density at radius 1 is 1.10 bits per heavy atom. The number of aliphatic hydroxyl groups excluding tert-OH is 1. The highest BCUT2D eigenvalue weighted by Gasteiger charge is 2.46. The molecule has 1 saturated heterocycles. The normalized spacial score (nSPS) is 18.0. The smallest absolute Gasteiger partial charge is 0.295 e. The summed E-state index contributed by atoms with van der Waals surface area (Å²) in [5, 5.41) is 11.5. The molecule has 0 bridgehead atoms. The van der Waals surface area contributed by atoms with Crippen LogP contribution >= 0.6 is 11.6 Å². The van der Waals surface area contributed by atoms with Gasteiger partial charge in [-0.15, -0.1) is 0 Å². The van der Waals surface area contributed by atoms with Gasteiger partial charge in [0.2, 0.25) is 0 Å². The molecule has 1 heterocycles. The van der Waals surface area contributed by atoms with E-state index in [4.69, 9.17) is 21.1 Å². The maximum absolute atomic E-state index is 13.0. The molecule has 1 aliphatic rings. The largest absolute Gasteiger partial charge is 0.507 e. The first-order valence-electron chi connectivity index (χ1n) is 9.70. The van der Waals surface area contributed by atoms with Crippen LogP contribution in [-0.4, -0.2) is 68.0 Å². The lowest BCUT2D eigenvalue weighted by atomic mass is 9.95. The van der Waals surface area contributed by atoms with Gasteiger partial charge in [-0.3, -0.25) is 9.59 Å². The van der Waals surface area contributed by atoms with Gasteiger partial charge in [-0.2, -0.15) is 0 Å². The maximum Gasteiger partial charge on any atom is 0.295 e. The maximum atomic E-state index is 13.0. The number of hydrogen-bond donors (Lipinski definition) is 1. The molecule has 1 atom stereocenters. The summed E-state index contributed by atoms with van der Waals surface area (Å²) in [5.41, 5.74) is 0.926. The molecule has 7 nitrogen and oxygen atoms in total. The third-order valence-corrected chi connectivity index (χ3v) is 5.47. The van der Waals surface area contributed by atoms with Gasteiger partial charge in [-0.1, -0.05) is 41.9 Å². The standard InChI is InChI=1S/C23H25ClN2O5/c1-25(2)10-11-26-20(14-8-6-5-7-9-14)19(22(28)23(26)29)21(27)15-12-16(24)18(31-4)13-17(15)30-3/h5-9,12-13,20,27H,10-11H2,1-4H3/b21-19+. The molecule has 2 aromatic carbocycles. The summed E-state index contributed by atoms with van der Waals surface area (Å²) in [6.07, 6.45) is 0. The molecule has 1 N–H and O–H groups in total. The summed E-state index contributed by atoms with van der Waals surface area (Å²) in [7, 11) is 6.67. The molecule has 0 saturated carbocycles. The average Bonchev–Trinajstić information content (AvgIpc) is 3.02. The number of ketones is 1. The minimum atomic E-state index is -0.751. The summed E-state index contributed by atoms with van der Waals surface area (Å²) < 4.78 is 10.6. The van der Waals surface area contributed by atoms with Gasteiger partial charge >= 0.3 is 0 Å². The van der Waals surface area contributed by atoms with E-state index in [1.54, 1.807) is 0 Å². The van der Waals surface area contributed by atoms with Crippen molar-refractivity contribution >= 4 is 29.1 Å². The van der Waals surface area contributed by atoms with Crippen LogP contribution in [0.15, 0.2) is 48.0 Å². The molecular weight excluding hydrogens is 420 g/mol. The van der Waals surface area contributed by atoms with Crippen LogP contribution in [0.4, 0.5) is 0 Å². The first-order valence-corrected chi connectivity index (χ1v) is 10.1. The molecule has 31 heavy (non-hydrogen) atoms. The van der Waals surface area contributed by atoms with Crippen molar-refractivity contribution < 1.29 is 24.2 Å². The molecule has 0 aliphatic carbocycles. The van der Waals surface area contributed by atoms with E-state index in [2.05, 4.69) is 0 Å². The number of Topliss-reactive ketones (excluding diaryl/α,β-unsaturated/α-hetero) is 1. The Bertz CT molecular complexity index is 1020. The Morgan fingerprint density at radius 3 is 2.32 bits per heavy atom. The minimum Gasteiger partial charge on any atom is -0.507 e. The third-order valence-electron chi connectivity index (χ3n) is 5.17. The highest BCUT2D eigenvalue weighted by Crippen LogP contribution is 2.42. The molecule has 0 aromatic heterocycles. The second-order valence-corrected chi connectivity index (χ2v) is 7.80. The SMILES string of the molecule is COc1cc(OC)c(/C(O)=C2\C(=O)C(=O)N(CCN(C)C)C2c2ccccc2)cc1Cl. The molecule has 164 valence electrons. The predicted molar refractivity (Wildman–Crippen MR) is 119 cm³/mol. The van der Waals surface area contributed by atoms with Crippen molar-refractivity contribution in [2.24, 2.45) is 0 Å². The fourth-order valence-electron chi connectivity index (χ4n) is 3.59. The van der Waals surface area contributed by atoms with Gasteiger partial charge in [0.1, 0.15) is 17.3 Å². The fraction of sp³-hybridized carbons (Fsp3) is 0.304. The van der Waals surface area contributed by atoms with Gasteiger partial charge in [0, 0.05) is 19.2 Å². The van der Waals surface area contributed by atoms with E-state index in [0.29, 0.717) is 18.8 Å². The number of likely N-dealkylation sites (N-methyl/N-ethyl adjacent to an activating group) is 1. The van der Waals surface area contributed by atoms with Crippen molar-refractivity contribution in [3.8, 4) is 11.5 Å². The fourth-order valence-corrected chi connectivity index (χ4v) is 3.83. The summed E-state index contributed by atoms with van der Waals surface area (Å²) in [6.45, 7) is 0.891. The summed E-state index contributed by atoms with van der Waals surface area (Å²) >= 11 is 6.26. The van der Waals surface area contributed by atoms with Gasteiger partial charge in [0.25, 0.3) is 11.7 Å². The molecule has 2 aromatic rings. The second kappa shape index (κ2) is 9.41. The van der Waals surface area contributed by atoms with Gasteiger partial charge in [-0.25, -0.2) is 0 Å². The highest BCUT2D eigenvalue weighted by atomic mass is 35.5. The van der Waals surface area contributed by atoms with Crippen molar-refractivity contribution in [3.05, 3.63) is 64.2 Å². The Hall–Kier alpha value is -3.03. The zero-order valence-corrected chi connectivity index (χ0v) is 18.6. The van der Waals surface area contributed by atoms with Crippen molar-refractivity contribution in [1.82, 2.24) is 9.80 Å². The van der Waals surface area contributed by atoms with Crippen LogP contribution in [0.1, 0.15) is 17.2 Å². The molecule has 3 rings (SSSR count). The minimum absolute atomic E-state index is 0.00510. The van der Waals surface area contributed by atoms with Crippen molar-refractivity contribution in [3.63, 3.8) is 0 Å². The van der Waals surface area contributed by atoms with Gasteiger partial charge in [-0.05, 0) is 25.7 Å². The molecule has 0 radical (unpaired) electrons. The number of rotatable bonds is 7. The Morgan fingerprint density at radius 2 is 1.74 bits per heavy atom. The lowest BCUT2D eigenvalue weighted by Gasteiger charge is -2.26. The zero-order chi connectivity index (χ0) is 22.7. The Labute approximate surface area is 186 Å². The third kappa shape index (κ3) is 4.38. The zero-order valence-electron chi connectivity index (χ0n) is 17.9. The molecule has 1 unspecified atom stereocenters. The highest BCUT2D eigenvalue weighted by molar-refractivity contribution is 6.46. The van der Waals surface area contributed by atoms with E-state index in [-0.39, 0.29) is 27.7 Å². The van der Waals surface area contributed by atoms with E-state index in [9.17, 15) is 14.7 Å². The van der Waals surface area contributed by atoms with Crippen LogP contribution in [-0.2, 0) is 9.59 Å². The van der Waals surface area contributed by atoms with Crippen LogP contribution in [0.3, 0.4) is 0 Å². The van der Waals surface area contributed by atoms with E-state index in [0.717, 1.165) is 5.56 Å². The number of hydrogen-bond acceptors (Lipinski definition) is 6. The molecule has 1 amide bonds. The topological polar surface area (TPSA) is 79.3 Å². The van der Waals surface area contributed by atoms with Crippen molar-refractivity contribution in [2.75, 3.05) is 41.4 Å². The van der Waals surface area contributed by atoms with Crippen molar-refractivity contribution in [2.45, 2.75) is 6.04 Å². The Kier molecular flexibility index (Phi) is 6.87. The number of carbonyl (C=O) groups is 2. The first-order chi connectivity index (χ1) is 14.8. The second-order valence-electron chi connectivity index (χ2n) is 7.39. The van der Waals surface area contributed by atoms with Crippen LogP contribution in [0, 0.1) is 0 Å². The molecule has 8 heteroatoms. The van der Waals surface area contributed by atoms with Crippen LogP contribution < -0.4 is 9.47 Å². The number of methoxy groups -OCH3 is 2. The number of benzene rings is 2. The number of amides is 1. The lowest BCUT2D eigenvalue weighted by molar-refractivity contribution is -0.140. The van der Waals surface area contributed by atoms with E-state index >= 15 is 0 Å². The number of likely N-dealkylation sites (tertiary alicyclic amines) is 1. The van der Waals surface area contributed by atoms with Crippen LogP contribution in [0.2, 0.25) is 5.02 Å². The van der Waals surface area contributed by atoms with E-state index in [1.807, 2.05) is 49.3 Å². The summed E-state index contributed by atoms with van der Waals surface area (Å²) in [5.74, 6) is -1.12. The number of carbonyl (C=O) groups excluding carboxylic acids is 2. The first kappa shape index (κ1) is 22.7. The molecule has 1 aliphatic heterocycles. The van der Waals surface area contributed by atoms with Crippen LogP contribution in [0.25, 0.3) is 5.76 Å². The van der Waals surface area contributed by atoms with Crippen molar-refractivity contribution in [1.29, 1.82) is 0 Å². The summed E-state index contributed by atoms with van der Waals surface area (Å²) in [4.78, 5) is 29.4. The monoisotopic (exact) mass is 444 g/mol. The quantitative estimate of drug-likeness (QED) is 0.401. The number of nitrogens with zero attached hydrogens (tertiary/aromatic N) is 2.